The predicted molar refractivity (Wildman–Crippen MR) is 126 cm³/mol. The Morgan fingerprint density at radius 2 is 1.53 bits per heavy atom. The molecular weight excluding hydrogens is 442 g/mol. The number of aliphatic hydroxyl groups excluding tert-OH is 1. The van der Waals surface area contributed by atoms with E-state index in [4.69, 9.17) is 4.74 Å². The third-order valence-corrected chi connectivity index (χ3v) is 5.68. The van der Waals surface area contributed by atoms with Crippen LogP contribution >= 0.6 is 0 Å². The number of hydrogen-bond acceptors (Lipinski definition) is 4. The number of hydrogen-bond donors (Lipinski definition) is 1. The van der Waals surface area contributed by atoms with Crippen molar-refractivity contribution < 1.29 is 28.2 Å². The van der Waals surface area contributed by atoms with E-state index in [1.165, 1.54) is 36.1 Å². The van der Waals surface area contributed by atoms with Crippen molar-refractivity contribution in [1.82, 2.24) is 4.57 Å². The van der Waals surface area contributed by atoms with Gasteiger partial charge in [-0.1, -0.05) is 12.1 Å². The maximum Gasteiger partial charge on any atom is 0.294 e. The summed E-state index contributed by atoms with van der Waals surface area (Å²) in [6.07, 6.45) is -1.07. The quantitative estimate of drug-likeness (QED) is 0.395. The largest absolute Gasteiger partial charge is 0.389 e. The molecule has 1 N–H and O–H groups in total. The van der Waals surface area contributed by atoms with E-state index in [1.807, 2.05) is 0 Å². The molecule has 4 rings (SSSR count). The van der Waals surface area contributed by atoms with Crippen LogP contribution in [0, 0.1) is 11.6 Å². The van der Waals surface area contributed by atoms with Crippen molar-refractivity contribution in [2.75, 3.05) is 18.6 Å². The van der Waals surface area contributed by atoms with Gasteiger partial charge in [-0.15, -0.1) is 0 Å². The molecule has 0 aliphatic heterocycles. The topological polar surface area (TPSA) is 71.8 Å². The number of rotatable bonds is 8. The molecule has 0 bridgehead atoms. The zero-order chi connectivity index (χ0) is 24.4. The van der Waals surface area contributed by atoms with Gasteiger partial charge in [-0.05, 0) is 54.1 Å². The van der Waals surface area contributed by atoms with Crippen molar-refractivity contribution in [3.05, 3.63) is 77.9 Å². The van der Waals surface area contributed by atoms with Crippen LogP contribution in [0.5, 0.6) is 0 Å². The molecule has 0 aliphatic rings. The van der Waals surface area contributed by atoms with E-state index in [0.29, 0.717) is 34.1 Å². The summed E-state index contributed by atoms with van der Waals surface area (Å²) >= 11 is 0. The van der Waals surface area contributed by atoms with Crippen LogP contribution in [0.25, 0.3) is 21.8 Å². The zero-order valence-electron chi connectivity index (χ0n) is 18.8. The Bertz CT molecular complexity index is 1310. The van der Waals surface area contributed by atoms with Crippen molar-refractivity contribution in [3.63, 3.8) is 0 Å². The zero-order valence-corrected chi connectivity index (χ0v) is 18.8. The number of nitrogens with zero attached hydrogens (tertiary/aromatic N) is 2. The van der Waals surface area contributed by atoms with E-state index in [-0.39, 0.29) is 13.1 Å². The van der Waals surface area contributed by atoms with Crippen LogP contribution in [0.3, 0.4) is 0 Å². The van der Waals surface area contributed by atoms with E-state index in [2.05, 4.69) is 0 Å². The molecular formula is C26H24F2N2O4. The van der Waals surface area contributed by atoms with E-state index in [0.717, 1.165) is 5.56 Å². The number of Topliss-reactive ketones (excluding diaryl/α,β-unsaturated/α-hetero) is 1. The van der Waals surface area contributed by atoms with Crippen molar-refractivity contribution in [2.24, 2.45) is 0 Å². The highest BCUT2D eigenvalue weighted by Gasteiger charge is 2.24. The van der Waals surface area contributed by atoms with Gasteiger partial charge in [0.1, 0.15) is 11.6 Å². The Labute approximate surface area is 195 Å². The minimum absolute atomic E-state index is 0.0424. The lowest BCUT2D eigenvalue weighted by atomic mass is 10.1. The lowest BCUT2D eigenvalue weighted by Gasteiger charge is -2.25. The summed E-state index contributed by atoms with van der Waals surface area (Å²) in [5.74, 6) is -2.31. The minimum atomic E-state index is -1.07. The summed E-state index contributed by atoms with van der Waals surface area (Å²) in [4.78, 5) is 25.7. The summed E-state index contributed by atoms with van der Waals surface area (Å²) in [6.45, 7) is 1.47. The number of aliphatic hydroxyl groups is 1. The van der Waals surface area contributed by atoms with Crippen LogP contribution in [0.1, 0.15) is 12.5 Å². The molecule has 0 saturated heterocycles. The van der Waals surface area contributed by atoms with Crippen LogP contribution in [-0.2, 0) is 27.5 Å². The van der Waals surface area contributed by atoms with Gasteiger partial charge >= 0.3 is 0 Å². The molecule has 6 nitrogen and oxygen atoms in total. The maximum atomic E-state index is 13.9. The molecule has 0 fully saturated rings. The molecule has 0 spiro atoms. The fourth-order valence-electron chi connectivity index (χ4n) is 4.16. The van der Waals surface area contributed by atoms with Crippen molar-refractivity contribution in [1.29, 1.82) is 0 Å². The highest BCUT2D eigenvalue weighted by atomic mass is 19.1. The summed E-state index contributed by atoms with van der Waals surface area (Å²) in [5.41, 5.74) is 2.60. The Hall–Kier alpha value is -3.62. The molecule has 1 amide bonds. The van der Waals surface area contributed by atoms with Crippen LogP contribution in [0.4, 0.5) is 14.5 Å². The summed E-state index contributed by atoms with van der Waals surface area (Å²) in [7, 11) is 1.58. The third kappa shape index (κ3) is 4.69. The van der Waals surface area contributed by atoms with E-state index in [1.54, 1.807) is 48.1 Å². The molecule has 0 radical (unpaired) electrons. The van der Waals surface area contributed by atoms with E-state index < -0.39 is 29.4 Å². The van der Waals surface area contributed by atoms with Crippen LogP contribution < -0.4 is 4.90 Å². The fraction of sp³-hybridized carbons (Fsp3) is 0.231. The summed E-state index contributed by atoms with van der Waals surface area (Å²) in [5, 5.41) is 12.0. The van der Waals surface area contributed by atoms with Crippen LogP contribution in [0.15, 0.2) is 60.7 Å². The number of amides is 1. The first-order valence-electron chi connectivity index (χ1n) is 10.7. The molecule has 1 unspecified atom stereocenters. The molecule has 1 aromatic heterocycles. The van der Waals surface area contributed by atoms with Gasteiger partial charge in [-0.25, -0.2) is 8.78 Å². The first-order valence-corrected chi connectivity index (χ1v) is 10.7. The summed E-state index contributed by atoms with van der Waals surface area (Å²) in [6, 6.07) is 15.3. The molecule has 3 aromatic carbocycles. The normalized spacial score (nSPS) is 12.3. The first kappa shape index (κ1) is 23.5. The molecule has 34 heavy (non-hydrogen) atoms. The molecule has 0 aliphatic carbocycles. The predicted octanol–water partition coefficient (Wildman–Crippen LogP) is 4.20. The molecule has 176 valence electrons. The lowest BCUT2D eigenvalue weighted by molar-refractivity contribution is -0.135. The average molecular weight is 466 g/mol. The van der Waals surface area contributed by atoms with Gasteiger partial charge in [0.15, 0.2) is 0 Å². The second-order valence-electron chi connectivity index (χ2n) is 8.16. The SMILES string of the molecule is COCc1ccc(N(CC(O)Cn2c3ccc(F)cc3c3cc(F)ccc32)C(=O)C(C)=O)cc1. The number of anilines is 1. The molecule has 0 saturated carbocycles. The van der Waals surface area contributed by atoms with Gasteiger partial charge in [0.2, 0.25) is 5.78 Å². The number of methoxy groups -OCH3 is 1. The van der Waals surface area contributed by atoms with E-state index >= 15 is 0 Å². The highest BCUT2D eigenvalue weighted by molar-refractivity contribution is 6.40. The van der Waals surface area contributed by atoms with Crippen molar-refractivity contribution in [3.8, 4) is 0 Å². The van der Waals surface area contributed by atoms with Crippen molar-refractivity contribution in [2.45, 2.75) is 26.2 Å². The standard InChI is InChI=1S/C26H24F2N2O4/c1-16(31)26(33)29(20-7-3-17(4-8-20)15-34-2)13-21(32)14-30-24-9-5-18(27)11-22(24)23-12-19(28)6-10-25(23)30/h3-12,21,32H,13-15H2,1-2H3. The van der Waals surface area contributed by atoms with Crippen LogP contribution in [-0.4, -0.2) is 41.1 Å². The average Bonchev–Trinajstić information content (AvgIpc) is 3.09. The number of aromatic nitrogens is 1. The number of carbonyl (C=O) groups is 2. The Balaban J connectivity index is 1.67. The number of halogens is 2. The lowest BCUT2D eigenvalue weighted by Crippen LogP contribution is -2.42. The molecule has 4 aromatic rings. The first-order chi connectivity index (χ1) is 16.3. The third-order valence-electron chi connectivity index (χ3n) is 5.68. The Morgan fingerprint density at radius 3 is 2.03 bits per heavy atom. The van der Waals surface area contributed by atoms with Crippen LogP contribution in [0.2, 0.25) is 0 Å². The van der Waals surface area contributed by atoms with Gasteiger partial charge in [0.25, 0.3) is 5.91 Å². The summed E-state index contributed by atoms with van der Waals surface area (Å²) < 4.78 is 34.7. The van der Waals surface area contributed by atoms with Gasteiger partial charge < -0.3 is 19.3 Å². The molecule has 1 heterocycles. The number of fused-ring (bicyclic) bond motifs is 3. The number of ketones is 1. The fourth-order valence-corrected chi connectivity index (χ4v) is 4.16. The van der Waals surface area contributed by atoms with Crippen molar-refractivity contribution >= 4 is 39.2 Å². The smallest absolute Gasteiger partial charge is 0.294 e. The highest BCUT2D eigenvalue weighted by Crippen LogP contribution is 2.30. The second-order valence-corrected chi connectivity index (χ2v) is 8.16. The Morgan fingerprint density at radius 1 is 0.971 bits per heavy atom. The molecule has 1 atom stereocenters. The molecule has 8 heteroatoms. The number of carbonyl (C=O) groups excluding carboxylic acids is 2. The second kappa shape index (κ2) is 9.70. The van der Waals surface area contributed by atoms with Gasteiger partial charge in [0, 0.05) is 41.5 Å². The van der Waals surface area contributed by atoms with Gasteiger partial charge in [-0.3, -0.25) is 9.59 Å². The van der Waals surface area contributed by atoms with E-state index in [9.17, 15) is 23.5 Å². The number of ether oxygens (including phenoxy) is 1. The van der Waals surface area contributed by atoms with Gasteiger partial charge in [-0.2, -0.15) is 0 Å². The van der Waals surface area contributed by atoms with Gasteiger partial charge in [0.05, 0.1) is 25.8 Å². The Kier molecular flexibility index (Phi) is 6.72. The monoisotopic (exact) mass is 466 g/mol. The number of benzene rings is 3. The maximum absolute atomic E-state index is 13.9. The minimum Gasteiger partial charge on any atom is -0.389 e.